The van der Waals surface area contributed by atoms with Crippen molar-refractivity contribution in [2.45, 2.75) is 24.2 Å². The molecule has 0 bridgehead atoms. The van der Waals surface area contributed by atoms with Crippen LogP contribution in [-0.2, 0) is 14.8 Å². The minimum Gasteiger partial charge on any atom is -0.481 e. The molecule has 2 rings (SSSR count). The first-order valence-electron chi connectivity index (χ1n) is 6.23. The molecule has 0 atom stereocenters. The summed E-state index contributed by atoms with van der Waals surface area (Å²) in [5.41, 5.74) is -1.44. The van der Waals surface area contributed by atoms with E-state index in [1.165, 1.54) is 0 Å². The molecule has 2 N–H and O–H groups in total. The Hall–Kier alpha value is -1.98. The lowest BCUT2D eigenvalue weighted by Crippen LogP contribution is -2.47. The molecular formula is C13H13FN2O4S. The van der Waals surface area contributed by atoms with Crippen LogP contribution in [0.3, 0.4) is 0 Å². The van der Waals surface area contributed by atoms with Crippen molar-refractivity contribution in [2.24, 2.45) is 5.41 Å². The second-order valence-electron chi connectivity index (χ2n) is 5.02. The fraction of sp³-hybridized carbons (Fsp3) is 0.385. The number of hydrogen-bond donors (Lipinski definition) is 2. The van der Waals surface area contributed by atoms with E-state index in [1.54, 1.807) is 6.07 Å². The molecule has 21 heavy (non-hydrogen) atoms. The fourth-order valence-corrected chi connectivity index (χ4v) is 3.30. The van der Waals surface area contributed by atoms with Gasteiger partial charge in [0, 0.05) is 6.54 Å². The van der Waals surface area contributed by atoms with E-state index >= 15 is 0 Å². The highest BCUT2D eigenvalue weighted by Crippen LogP contribution is 2.40. The van der Waals surface area contributed by atoms with Crippen molar-refractivity contribution in [3.8, 4) is 6.07 Å². The summed E-state index contributed by atoms with van der Waals surface area (Å²) in [7, 11) is -3.98. The third-order valence-electron chi connectivity index (χ3n) is 3.73. The zero-order valence-electron chi connectivity index (χ0n) is 11.0. The Balaban J connectivity index is 2.20. The maximum absolute atomic E-state index is 13.2. The zero-order chi connectivity index (χ0) is 15.7. The van der Waals surface area contributed by atoms with Gasteiger partial charge < -0.3 is 5.11 Å². The van der Waals surface area contributed by atoms with Crippen LogP contribution in [0.5, 0.6) is 0 Å². The number of hydrogen-bond acceptors (Lipinski definition) is 4. The van der Waals surface area contributed by atoms with E-state index < -0.39 is 27.2 Å². The topological polar surface area (TPSA) is 107 Å². The molecule has 0 saturated heterocycles. The predicted octanol–water partition coefficient (Wildman–Crippen LogP) is 1.23. The Morgan fingerprint density at radius 3 is 2.62 bits per heavy atom. The molecule has 0 radical (unpaired) electrons. The number of carboxylic acids is 1. The van der Waals surface area contributed by atoms with Gasteiger partial charge >= 0.3 is 5.97 Å². The maximum atomic E-state index is 13.2. The van der Waals surface area contributed by atoms with Gasteiger partial charge in [-0.3, -0.25) is 4.79 Å². The van der Waals surface area contributed by atoms with Crippen LogP contribution in [0.2, 0.25) is 0 Å². The summed E-state index contributed by atoms with van der Waals surface area (Å²) in [6, 6.07) is 4.41. The first kappa shape index (κ1) is 15.4. The second-order valence-corrected chi connectivity index (χ2v) is 6.78. The lowest BCUT2D eigenvalue weighted by molar-refractivity contribution is -0.153. The van der Waals surface area contributed by atoms with E-state index in [2.05, 4.69) is 4.72 Å². The Bertz CT molecular complexity index is 720. The van der Waals surface area contributed by atoms with Crippen molar-refractivity contribution in [3.05, 3.63) is 29.6 Å². The molecule has 8 heteroatoms. The number of rotatable bonds is 5. The van der Waals surface area contributed by atoms with E-state index in [4.69, 9.17) is 10.4 Å². The Morgan fingerprint density at radius 1 is 1.48 bits per heavy atom. The third-order valence-corrected chi connectivity index (χ3v) is 5.13. The zero-order valence-corrected chi connectivity index (χ0v) is 11.8. The third kappa shape index (κ3) is 2.89. The van der Waals surface area contributed by atoms with Gasteiger partial charge in [0.2, 0.25) is 10.0 Å². The number of aliphatic carboxylic acids is 1. The summed E-state index contributed by atoms with van der Waals surface area (Å²) in [4.78, 5) is 10.9. The second kappa shape index (κ2) is 5.42. The van der Waals surface area contributed by atoms with Gasteiger partial charge in [-0.2, -0.15) is 5.26 Å². The van der Waals surface area contributed by atoms with Crippen molar-refractivity contribution >= 4 is 16.0 Å². The van der Waals surface area contributed by atoms with Crippen LogP contribution in [0.4, 0.5) is 4.39 Å². The molecule has 112 valence electrons. The first-order chi connectivity index (χ1) is 9.81. The summed E-state index contributed by atoms with van der Waals surface area (Å²) in [5, 5.41) is 17.8. The minimum absolute atomic E-state index is 0.218. The highest BCUT2D eigenvalue weighted by molar-refractivity contribution is 7.89. The SMILES string of the molecule is N#Cc1cc(S(=O)(=O)NCC2(C(=O)O)CCC2)ccc1F. The van der Waals surface area contributed by atoms with Crippen LogP contribution in [0, 0.1) is 22.6 Å². The molecule has 1 aromatic rings. The number of benzene rings is 1. The molecule has 0 aliphatic heterocycles. The molecule has 0 spiro atoms. The van der Waals surface area contributed by atoms with Crippen molar-refractivity contribution in [1.29, 1.82) is 5.26 Å². The smallest absolute Gasteiger partial charge is 0.310 e. The molecule has 1 saturated carbocycles. The summed E-state index contributed by atoms with van der Waals surface area (Å²) in [6.07, 6.45) is 1.57. The van der Waals surface area contributed by atoms with Crippen molar-refractivity contribution in [2.75, 3.05) is 6.54 Å². The number of sulfonamides is 1. The van der Waals surface area contributed by atoms with Gasteiger partial charge in [-0.1, -0.05) is 6.42 Å². The molecule has 1 aliphatic rings. The minimum atomic E-state index is -3.98. The highest BCUT2D eigenvalue weighted by atomic mass is 32.2. The van der Waals surface area contributed by atoms with Gasteiger partial charge in [-0.05, 0) is 31.0 Å². The van der Waals surface area contributed by atoms with E-state index in [-0.39, 0.29) is 17.0 Å². The van der Waals surface area contributed by atoms with Crippen molar-refractivity contribution in [1.82, 2.24) is 4.72 Å². The Labute approximate surface area is 121 Å². The predicted molar refractivity (Wildman–Crippen MR) is 70.2 cm³/mol. The summed E-state index contributed by atoms with van der Waals surface area (Å²) < 4.78 is 39.6. The number of carbonyl (C=O) groups is 1. The highest BCUT2D eigenvalue weighted by Gasteiger charge is 2.45. The number of halogens is 1. The lowest BCUT2D eigenvalue weighted by atomic mass is 9.69. The average molecular weight is 312 g/mol. The summed E-state index contributed by atoms with van der Waals surface area (Å²) >= 11 is 0. The molecule has 1 fully saturated rings. The largest absolute Gasteiger partial charge is 0.481 e. The summed E-state index contributed by atoms with van der Waals surface area (Å²) in [5.74, 6) is -1.84. The van der Waals surface area contributed by atoms with Crippen LogP contribution in [0.15, 0.2) is 23.1 Å². The molecular weight excluding hydrogens is 299 g/mol. The lowest BCUT2D eigenvalue weighted by Gasteiger charge is -2.37. The molecule has 0 heterocycles. The van der Waals surface area contributed by atoms with Crippen LogP contribution in [0.1, 0.15) is 24.8 Å². The molecule has 6 nitrogen and oxygen atoms in total. The van der Waals surface area contributed by atoms with E-state index in [0.717, 1.165) is 24.6 Å². The molecule has 0 unspecified atom stereocenters. The van der Waals surface area contributed by atoms with Gasteiger partial charge in [0.15, 0.2) is 0 Å². The van der Waals surface area contributed by atoms with Gasteiger partial charge in [-0.15, -0.1) is 0 Å². The van der Waals surface area contributed by atoms with E-state index in [1.807, 2.05) is 0 Å². The number of nitriles is 1. The quantitative estimate of drug-likeness (QED) is 0.850. The van der Waals surface area contributed by atoms with E-state index in [9.17, 15) is 17.6 Å². The fourth-order valence-electron chi connectivity index (χ4n) is 2.14. The number of carboxylic acid groups (broad SMARTS) is 1. The standard InChI is InChI=1S/C13H13FN2O4S/c14-11-3-2-10(6-9(11)7-15)21(19,20)16-8-13(12(17)18)4-1-5-13/h2-3,6,16H,1,4-5,8H2,(H,17,18). The number of nitrogens with zero attached hydrogens (tertiary/aromatic N) is 1. The van der Waals surface area contributed by atoms with Gasteiger partial charge in [0.1, 0.15) is 11.9 Å². The van der Waals surface area contributed by atoms with Crippen LogP contribution in [-0.4, -0.2) is 26.0 Å². The van der Waals surface area contributed by atoms with Crippen LogP contribution < -0.4 is 4.72 Å². The van der Waals surface area contributed by atoms with Crippen LogP contribution in [0.25, 0.3) is 0 Å². The van der Waals surface area contributed by atoms with E-state index in [0.29, 0.717) is 12.8 Å². The molecule has 0 aromatic heterocycles. The van der Waals surface area contributed by atoms with Gasteiger partial charge in [0.05, 0.1) is 15.9 Å². The molecule has 1 aliphatic carbocycles. The normalized spacial score (nSPS) is 16.8. The molecule has 1 aromatic carbocycles. The van der Waals surface area contributed by atoms with Crippen LogP contribution >= 0.6 is 0 Å². The van der Waals surface area contributed by atoms with Crippen molar-refractivity contribution < 1.29 is 22.7 Å². The molecule has 0 amide bonds. The number of nitrogens with one attached hydrogen (secondary N) is 1. The van der Waals surface area contributed by atoms with Gasteiger partial charge in [0.25, 0.3) is 0 Å². The average Bonchev–Trinajstić information content (AvgIpc) is 2.37. The maximum Gasteiger partial charge on any atom is 0.310 e. The summed E-state index contributed by atoms with van der Waals surface area (Å²) in [6.45, 7) is -0.218. The van der Waals surface area contributed by atoms with Gasteiger partial charge in [-0.25, -0.2) is 17.5 Å². The Kier molecular flexibility index (Phi) is 3.98. The Morgan fingerprint density at radius 2 is 2.14 bits per heavy atom. The first-order valence-corrected chi connectivity index (χ1v) is 7.72. The monoisotopic (exact) mass is 312 g/mol. The van der Waals surface area contributed by atoms with Crippen molar-refractivity contribution in [3.63, 3.8) is 0 Å².